The fourth-order valence-electron chi connectivity index (χ4n) is 2.86. The number of halogens is 1. The molecule has 0 aromatic heterocycles. The van der Waals surface area contributed by atoms with E-state index in [1.807, 2.05) is 36.4 Å². The molecule has 6 heteroatoms. The molecular formula is C21H25IN2O3. The Bertz CT molecular complexity index is 777. The molecule has 0 bridgehead atoms. The van der Waals surface area contributed by atoms with E-state index in [0.29, 0.717) is 5.56 Å². The molecule has 27 heavy (non-hydrogen) atoms. The Labute approximate surface area is 173 Å². The number of benzene rings is 2. The molecule has 0 radical (unpaired) electrons. The predicted octanol–water partition coefficient (Wildman–Crippen LogP) is 4.07. The van der Waals surface area contributed by atoms with Crippen molar-refractivity contribution in [3.05, 3.63) is 70.8 Å². The first-order chi connectivity index (χ1) is 13.0. The van der Waals surface area contributed by atoms with Gasteiger partial charge in [0.1, 0.15) is 6.04 Å². The molecule has 3 N–H and O–H groups in total. The van der Waals surface area contributed by atoms with E-state index in [1.54, 1.807) is 12.1 Å². The lowest BCUT2D eigenvalue weighted by Gasteiger charge is -2.22. The van der Waals surface area contributed by atoms with Gasteiger partial charge in [0, 0.05) is 4.43 Å². The quantitative estimate of drug-likeness (QED) is 0.339. The lowest BCUT2D eigenvalue weighted by molar-refractivity contribution is -0.123. The summed E-state index contributed by atoms with van der Waals surface area (Å²) in [5.41, 5.74) is 9.55. The molecule has 0 heterocycles. The van der Waals surface area contributed by atoms with Crippen LogP contribution in [0.4, 0.5) is 0 Å². The molecule has 0 spiro atoms. The van der Waals surface area contributed by atoms with Crippen LogP contribution >= 0.6 is 22.6 Å². The van der Waals surface area contributed by atoms with E-state index in [9.17, 15) is 9.59 Å². The summed E-state index contributed by atoms with van der Waals surface area (Å²) in [6.07, 6.45) is 1.69. The maximum atomic E-state index is 12.7. The Hall–Kier alpha value is -1.93. The molecule has 0 fully saturated rings. The first kappa shape index (κ1) is 21.4. The minimum absolute atomic E-state index is 0.159. The summed E-state index contributed by atoms with van der Waals surface area (Å²) >= 11 is 2.28. The van der Waals surface area contributed by atoms with Crippen LogP contribution in [0.5, 0.6) is 0 Å². The molecule has 2 rings (SSSR count). The van der Waals surface area contributed by atoms with Crippen molar-refractivity contribution >= 4 is 34.5 Å². The molecule has 0 aliphatic heterocycles. The minimum atomic E-state index is -0.721. The van der Waals surface area contributed by atoms with E-state index in [2.05, 4.69) is 34.8 Å². The Kier molecular flexibility index (Phi) is 8.24. The zero-order chi connectivity index (χ0) is 19.8. The first-order valence-electron chi connectivity index (χ1n) is 8.89. The smallest absolute Gasteiger partial charge is 0.337 e. The maximum absolute atomic E-state index is 12.7. The molecule has 2 atom stereocenters. The number of hydrogen-bond acceptors (Lipinski definition) is 4. The van der Waals surface area contributed by atoms with Gasteiger partial charge in [0.25, 0.3) is 0 Å². The third-order valence-electron chi connectivity index (χ3n) is 4.37. The summed E-state index contributed by atoms with van der Waals surface area (Å²) < 4.78 is 5.59. The molecule has 1 unspecified atom stereocenters. The fraction of sp³-hybridized carbons (Fsp3) is 0.333. The number of carbonyl (C=O) groups excluding carboxylic acids is 2. The number of carbonyl (C=O) groups is 2. The highest BCUT2D eigenvalue weighted by atomic mass is 127. The maximum Gasteiger partial charge on any atom is 0.337 e. The topological polar surface area (TPSA) is 81.4 Å². The molecule has 0 aliphatic carbocycles. The molecule has 0 saturated carbocycles. The largest absolute Gasteiger partial charge is 0.465 e. The van der Waals surface area contributed by atoms with E-state index < -0.39 is 6.04 Å². The van der Waals surface area contributed by atoms with Gasteiger partial charge in [-0.25, -0.2) is 4.79 Å². The van der Waals surface area contributed by atoms with Crippen molar-refractivity contribution in [3.63, 3.8) is 0 Å². The van der Waals surface area contributed by atoms with E-state index >= 15 is 0 Å². The second-order valence-electron chi connectivity index (χ2n) is 6.32. The van der Waals surface area contributed by atoms with E-state index in [1.165, 1.54) is 7.11 Å². The van der Waals surface area contributed by atoms with Crippen LogP contribution in [0.1, 0.15) is 58.9 Å². The van der Waals surface area contributed by atoms with Crippen molar-refractivity contribution in [3.8, 4) is 0 Å². The van der Waals surface area contributed by atoms with Crippen LogP contribution in [-0.4, -0.2) is 19.0 Å². The molecule has 144 valence electrons. The average Bonchev–Trinajstić information content (AvgIpc) is 2.72. The standard InChI is InChI=1S/C21H25IN2O3/c1-3-5-18(15-8-10-16(11-9-15)21(26)27-2)24-20(25)19(23)17-7-4-6-14(12-17)13-22/h4,6-12,18-19H,3,5,13,23H2,1-2H3,(H,24,25)/t18-,19?/m1/s1. The number of esters is 1. The van der Waals surface area contributed by atoms with Crippen molar-refractivity contribution in [1.29, 1.82) is 0 Å². The third kappa shape index (κ3) is 5.77. The van der Waals surface area contributed by atoms with Gasteiger partial charge in [0.15, 0.2) is 0 Å². The summed E-state index contributed by atoms with van der Waals surface area (Å²) in [5.74, 6) is -0.592. The lowest BCUT2D eigenvalue weighted by atomic mass is 9.99. The Morgan fingerprint density at radius 2 is 1.85 bits per heavy atom. The Balaban J connectivity index is 2.14. The van der Waals surface area contributed by atoms with Gasteiger partial charge in [0.05, 0.1) is 18.7 Å². The molecule has 2 aromatic rings. The van der Waals surface area contributed by atoms with Gasteiger partial charge in [-0.1, -0.05) is 72.3 Å². The highest BCUT2D eigenvalue weighted by molar-refractivity contribution is 14.1. The molecule has 5 nitrogen and oxygen atoms in total. The molecule has 2 aromatic carbocycles. The van der Waals surface area contributed by atoms with Gasteiger partial charge in [-0.2, -0.15) is 0 Å². The van der Waals surface area contributed by atoms with Crippen LogP contribution < -0.4 is 11.1 Å². The van der Waals surface area contributed by atoms with Crippen LogP contribution in [0.3, 0.4) is 0 Å². The summed E-state index contributed by atoms with van der Waals surface area (Å²) in [6.45, 7) is 2.06. The van der Waals surface area contributed by atoms with Crippen molar-refractivity contribution < 1.29 is 14.3 Å². The summed E-state index contributed by atoms with van der Waals surface area (Å²) in [4.78, 5) is 24.3. The normalized spacial score (nSPS) is 12.9. The zero-order valence-electron chi connectivity index (χ0n) is 15.6. The second kappa shape index (κ2) is 10.4. The third-order valence-corrected chi connectivity index (χ3v) is 5.26. The Morgan fingerprint density at radius 1 is 1.15 bits per heavy atom. The van der Waals surface area contributed by atoms with E-state index in [0.717, 1.165) is 34.0 Å². The summed E-state index contributed by atoms with van der Waals surface area (Å²) in [5, 5.41) is 3.05. The summed E-state index contributed by atoms with van der Waals surface area (Å²) in [6, 6.07) is 14.0. The van der Waals surface area contributed by atoms with Crippen LogP contribution in [0.25, 0.3) is 0 Å². The Morgan fingerprint density at radius 3 is 2.44 bits per heavy atom. The van der Waals surface area contributed by atoms with Crippen LogP contribution in [0, 0.1) is 0 Å². The van der Waals surface area contributed by atoms with Crippen molar-refractivity contribution in [2.75, 3.05) is 7.11 Å². The number of rotatable bonds is 8. The van der Waals surface area contributed by atoms with Crippen molar-refractivity contribution in [2.24, 2.45) is 5.73 Å². The SMILES string of the molecule is CCC[C@@H](NC(=O)C(N)c1cccc(CI)c1)c1ccc(C(=O)OC)cc1. The average molecular weight is 480 g/mol. The minimum Gasteiger partial charge on any atom is -0.465 e. The number of alkyl halides is 1. The van der Waals surface area contributed by atoms with E-state index in [4.69, 9.17) is 10.5 Å². The predicted molar refractivity (Wildman–Crippen MR) is 115 cm³/mol. The highest BCUT2D eigenvalue weighted by Crippen LogP contribution is 2.22. The van der Waals surface area contributed by atoms with Crippen LogP contribution in [-0.2, 0) is 14.0 Å². The number of nitrogens with one attached hydrogen (secondary N) is 1. The molecule has 1 amide bonds. The van der Waals surface area contributed by atoms with Gasteiger partial charge < -0.3 is 15.8 Å². The zero-order valence-corrected chi connectivity index (χ0v) is 17.7. The monoisotopic (exact) mass is 480 g/mol. The number of amides is 1. The highest BCUT2D eigenvalue weighted by Gasteiger charge is 2.21. The van der Waals surface area contributed by atoms with Gasteiger partial charge in [0.2, 0.25) is 5.91 Å². The lowest BCUT2D eigenvalue weighted by Crippen LogP contribution is -2.36. The number of hydrogen-bond donors (Lipinski definition) is 2. The fourth-order valence-corrected chi connectivity index (χ4v) is 3.34. The van der Waals surface area contributed by atoms with Crippen molar-refractivity contribution in [2.45, 2.75) is 36.3 Å². The number of ether oxygens (including phenoxy) is 1. The second-order valence-corrected chi connectivity index (χ2v) is 7.08. The van der Waals surface area contributed by atoms with Crippen LogP contribution in [0.2, 0.25) is 0 Å². The van der Waals surface area contributed by atoms with Gasteiger partial charge in [-0.15, -0.1) is 0 Å². The van der Waals surface area contributed by atoms with Gasteiger partial charge in [-0.05, 0) is 35.2 Å². The molecule has 0 aliphatic rings. The van der Waals surface area contributed by atoms with Gasteiger partial charge >= 0.3 is 5.97 Å². The number of nitrogens with two attached hydrogens (primary N) is 1. The number of methoxy groups -OCH3 is 1. The van der Waals surface area contributed by atoms with Crippen LogP contribution in [0.15, 0.2) is 48.5 Å². The first-order valence-corrected chi connectivity index (χ1v) is 10.4. The van der Waals surface area contributed by atoms with E-state index in [-0.39, 0.29) is 17.9 Å². The summed E-state index contributed by atoms with van der Waals surface area (Å²) in [7, 11) is 1.35. The molecular weight excluding hydrogens is 455 g/mol. The van der Waals surface area contributed by atoms with Gasteiger partial charge in [-0.3, -0.25) is 4.79 Å². The molecule has 0 saturated heterocycles. The van der Waals surface area contributed by atoms with Crippen molar-refractivity contribution in [1.82, 2.24) is 5.32 Å².